The van der Waals surface area contributed by atoms with Crippen molar-refractivity contribution in [3.05, 3.63) is 42.1 Å². The van der Waals surface area contributed by atoms with E-state index in [-0.39, 0.29) is 0 Å². The summed E-state index contributed by atoms with van der Waals surface area (Å²) in [5.41, 5.74) is 3.65. The molecule has 5 heteroatoms. The molecule has 1 aromatic heterocycles. The summed E-state index contributed by atoms with van der Waals surface area (Å²) >= 11 is 0. The number of benzene rings is 2. The van der Waals surface area contributed by atoms with Crippen LogP contribution in [0.15, 0.2) is 36.5 Å². The molecule has 2 aromatic carbocycles. The van der Waals surface area contributed by atoms with Gasteiger partial charge in [-0.05, 0) is 54.0 Å². The first-order chi connectivity index (χ1) is 15.2. The molecule has 0 bridgehead atoms. The van der Waals surface area contributed by atoms with Crippen LogP contribution in [0.3, 0.4) is 0 Å². The van der Waals surface area contributed by atoms with Gasteiger partial charge in [-0.15, -0.1) is 0 Å². The summed E-state index contributed by atoms with van der Waals surface area (Å²) in [6.45, 7) is 1.67. The van der Waals surface area contributed by atoms with E-state index in [0.717, 1.165) is 53.3 Å². The van der Waals surface area contributed by atoms with Crippen molar-refractivity contribution in [3.63, 3.8) is 0 Å². The predicted octanol–water partition coefficient (Wildman–Crippen LogP) is 4.95. The van der Waals surface area contributed by atoms with Gasteiger partial charge in [0.25, 0.3) is 0 Å². The van der Waals surface area contributed by atoms with E-state index in [9.17, 15) is 0 Å². The Bertz CT molecular complexity index is 1120. The van der Waals surface area contributed by atoms with Crippen molar-refractivity contribution in [2.24, 2.45) is 5.92 Å². The fourth-order valence-electron chi connectivity index (χ4n) is 5.02. The quantitative estimate of drug-likeness (QED) is 0.530. The highest BCUT2D eigenvalue weighted by Crippen LogP contribution is 2.40. The van der Waals surface area contributed by atoms with Gasteiger partial charge in [-0.1, -0.05) is 12.8 Å². The molecule has 3 aromatic rings. The van der Waals surface area contributed by atoms with Crippen LogP contribution < -0.4 is 23.5 Å². The lowest BCUT2D eigenvalue weighted by Crippen LogP contribution is -2.40. The molecule has 0 saturated heterocycles. The monoisotopic (exact) mass is 420 g/mol. The van der Waals surface area contributed by atoms with Crippen molar-refractivity contribution in [2.45, 2.75) is 38.6 Å². The van der Waals surface area contributed by atoms with Gasteiger partial charge in [0, 0.05) is 12.5 Å². The van der Waals surface area contributed by atoms with Crippen LogP contribution in [-0.4, -0.2) is 27.9 Å². The maximum atomic E-state index is 6.38. The normalized spacial score (nSPS) is 15.5. The van der Waals surface area contributed by atoms with Crippen LogP contribution in [-0.2, 0) is 13.0 Å². The molecule has 0 spiro atoms. The summed E-state index contributed by atoms with van der Waals surface area (Å²) in [4.78, 5) is 0. The minimum atomic E-state index is 0.652. The van der Waals surface area contributed by atoms with Crippen LogP contribution in [0.5, 0.6) is 23.0 Å². The van der Waals surface area contributed by atoms with Gasteiger partial charge in [0.2, 0.25) is 5.69 Å². The number of aryl methyl sites for hydroxylation is 2. The van der Waals surface area contributed by atoms with Gasteiger partial charge >= 0.3 is 0 Å². The molecule has 1 aliphatic carbocycles. The van der Waals surface area contributed by atoms with Crippen molar-refractivity contribution < 1.29 is 23.5 Å². The Hall–Kier alpha value is -2.95. The lowest BCUT2D eigenvalue weighted by atomic mass is 9.95. The number of rotatable bonds is 6. The second-order valence-electron chi connectivity index (χ2n) is 8.53. The molecule has 0 radical (unpaired) electrons. The fraction of sp³-hybridized carbons (Fsp3) is 0.423. The van der Waals surface area contributed by atoms with Crippen LogP contribution >= 0.6 is 0 Å². The highest BCUT2D eigenvalue weighted by Gasteiger charge is 2.27. The minimum absolute atomic E-state index is 0.652. The van der Waals surface area contributed by atoms with Gasteiger partial charge in [0.1, 0.15) is 0 Å². The Morgan fingerprint density at radius 3 is 2.39 bits per heavy atom. The Balaban J connectivity index is 1.59. The third-order valence-electron chi connectivity index (χ3n) is 6.75. The second kappa shape index (κ2) is 8.29. The van der Waals surface area contributed by atoms with Gasteiger partial charge in [0.05, 0.1) is 38.9 Å². The van der Waals surface area contributed by atoms with Gasteiger partial charge in [-0.25, -0.2) is 0 Å². The number of aromatic nitrogens is 1. The lowest BCUT2D eigenvalue weighted by Gasteiger charge is -2.20. The van der Waals surface area contributed by atoms with Crippen LogP contribution in [0.1, 0.15) is 31.2 Å². The topological polar surface area (TPSA) is 40.8 Å². The summed E-state index contributed by atoms with van der Waals surface area (Å²) in [6.07, 6.45) is 8.33. The van der Waals surface area contributed by atoms with Crippen molar-refractivity contribution in [3.8, 4) is 34.3 Å². The average Bonchev–Trinajstić information content (AvgIpc) is 3.33. The van der Waals surface area contributed by atoms with E-state index in [1.165, 1.54) is 42.5 Å². The second-order valence-corrected chi connectivity index (χ2v) is 8.53. The van der Waals surface area contributed by atoms with E-state index in [4.69, 9.17) is 18.9 Å². The zero-order valence-electron chi connectivity index (χ0n) is 18.6. The van der Waals surface area contributed by atoms with E-state index in [1.807, 2.05) is 6.07 Å². The number of hydrogen-bond donors (Lipinski definition) is 0. The molecule has 0 amide bonds. The largest absolute Gasteiger partial charge is 0.493 e. The van der Waals surface area contributed by atoms with Crippen molar-refractivity contribution in [2.75, 3.05) is 27.9 Å². The first-order valence-electron chi connectivity index (χ1n) is 11.1. The molecule has 31 heavy (non-hydrogen) atoms. The smallest absolute Gasteiger partial charge is 0.213 e. The SMILES string of the molecule is COc1cc2c(cc1OC)-c1cc3ccc(OC)c(OCC4CCCC4)c3c[n+]1CC2. The predicted molar refractivity (Wildman–Crippen MR) is 120 cm³/mol. The van der Waals surface area contributed by atoms with E-state index < -0.39 is 0 Å². The van der Waals surface area contributed by atoms with Gasteiger partial charge in [-0.2, -0.15) is 4.57 Å². The molecule has 5 rings (SSSR count). The lowest BCUT2D eigenvalue weighted by molar-refractivity contribution is -0.686. The number of nitrogens with zero attached hydrogens (tertiary/aromatic N) is 1. The third kappa shape index (κ3) is 3.56. The van der Waals surface area contributed by atoms with Crippen molar-refractivity contribution in [1.29, 1.82) is 0 Å². The van der Waals surface area contributed by atoms with Gasteiger partial charge < -0.3 is 18.9 Å². The maximum absolute atomic E-state index is 6.38. The van der Waals surface area contributed by atoms with Crippen LogP contribution in [0, 0.1) is 5.92 Å². The summed E-state index contributed by atoms with van der Waals surface area (Å²) in [5.74, 6) is 3.85. The average molecular weight is 421 g/mol. The van der Waals surface area contributed by atoms with Crippen LogP contribution in [0.4, 0.5) is 0 Å². The Kier molecular flexibility index (Phi) is 5.34. The molecule has 162 valence electrons. The molecule has 5 nitrogen and oxygen atoms in total. The molecule has 1 aliphatic heterocycles. The van der Waals surface area contributed by atoms with E-state index >= 15 is 0 Å². The maximum Gasteiger partial charge on any atom is 0.213 e. The summed E-state index contributed by atoms with van der Waals surface area (Å²) in [7, 11) is 5.08. The Morgan fingerprint density at radius 1 is 0.903 bits per heavy atom. The number of hydrogen-bond acceptors (Lipinski definition) is 4. The number of fused-ring (bicyclic) bond motifs is 4. The van der Waals surface area contributed by atoms with Crippen molar-refractivity contribution in [1.82, 2.24) is 0 Å². The first-order valence-corrected chi connectivity index (χ1v) is 11.1. The third-order valence-corrected chi connectivity index (χ3v) is 6.75. The number of methoxy groups -OCH3 is 3. The number of ether oxygens (including phenoxy) is 4. The summed E-state index contributed by atoms with van der Waals surface area (Å²) in [6, 6.07) is 10.6. The number of pyridine rings is 1. The molecule has 1 saturated carbocycles. The Labute approximate surface area is 183 Å². The first kappa shape index (κ1) is 20.0. The molecular formula is C26H30NO4+. The van der Waals surface area contributed by atoms with Gasteiger partial charge in [0.15, 0.2) is 35.7 Å². The molecule has 2 aliphatic rings. The molecule has 2 heterocycles. The van der Waals surface area contributed by atoms with Gasteiger partial charge in [-0.3, -0.25) is 0 Å². The standard InChI is InChI=1S/C26H30NO4/c1-28-23-9-8-18-12-22-20-14-25(30-3)24(29-2)13-19(20)10-11-27(22)15-21(18)26(23)31-16-17-6-4-5-7-17/h8-9,12-15,17H,4-7,10-11,16H2,1-3H3/q+1. The van der Waals surface area contributed by atoms with Crippen LogP contribution in [0.2, 0.25) is 0 Å². The molecule has 1 fully saturated rings. The zero-order valence-corrected chi connectivity index (χ0v) is 18.6. The van der Waals surface area contributed by atoms with E-state index in [1.54, 1.807) is 21.3 Å². The molecular weight excluding hydrogens is 390 g/mol. The Morgan fingerprint density at radius 2 is 1.65 bits per heavy atom. The van der Waals surface area contributed by atoms with Crippen molar-refractivity contribution >= 4 is 10.8 Å². The van der Waals surface area contributed by atoms with E-state index in [2.05, 4.69) is 35.0 Å². The van der Waals surface area contributed by atoms with Crippen LogP contribution in [0.25, 0.3) is 22.0 Å². The molecule has 0 unspecified atom stereocenters. The van der Waals surface area contributed by atoms with E-state index in [0.29, 0.717) is 5.92 Å². The molecule has 0 atom stereocenters. The molecule has 0 N–H and O–H groups in total. The zero-order chi connectivity index (χ0) is 21.4. The fourth-order valence-corrected chi connectivity index (χ4v) is 5.02. The summed E-state index contributed by atoms with van der Waals surface area (Å²) < 4.78 is 25.4. The minimum Gasteiger partial charge on any atom is -0.493 e. The summed E-state index contributed by atoms with van der Waals surface area (Å²) in [5, 5.41) is 2.25. The highest BCUT2D eigenvalue weighted by atomic mass is 16.5. The highest BCUT2D eigenvalue weighted by molar-refractivity contribution is 5.91.